The first-order valence-corrected chi connectivity index (χ1v) is 32.1. The second kappa shape index (κ2) is 60.9. The van der Waals surface area contributed by atoms with Crippen LogP contribution in [0.1, 0.15) is 354 Å². The van der Waals surface area contributed by atoms with E-state index >= 15 is 0 Å². The van der Waals surface area contributed by atoms with Gasteiger partial charge in [0.25, 0.3) is 0 Å². The van der Waals surface area contributed by atoms with Crippen molar-refractivity contribution in [2.75, 3.05) is 13.2 Å². The second-order valence-electron chi connectivity index (χ2n) is 22.1. The topological polar surface area (TPSA) is 95.9 Å². The molecule has 0 bridgehead atoms. The average molecular weight is 1000 g/mol. The van der Waals surface area contributed by atoms with Gasteiger partial charge in [0.15, 0.2) is 0 Å². The van der Waals surface area contributed by atoms with Crippen LogP contribution in [0, 0.1) is 0 Å². The quantitative estimate of drug-likeness (QED) is 0.0320. The molecule has 0 aromatic carbocycles. The highest BCUT2D eigenvalue weighted by Crippen LogP contribution is 2.18. The molecule has 0 saturated carbocycles. The molecule has 0 heterocycles. The fourth-order valence-corrected chi connectivity index (χ4v) is 10.0. The Morgan fingerprint density at radius 3 is 1.00 bits per heavy atom. The largest absolute Gasteiger partial charge is 0.466 e. The van der Waals surface area contributed by atoms with Crippen LogP contribution in [0.3, 0.4) is 0 Å². The first-order valence-electron chi connectivity index (χ1n) is 32.1. The number of rotatable bonds is 60. The van der Waals surface area contributed by atoms with Crippen LogP contribution in [-0.2, 0) is 14.3 Å². The van der Waals surface area contributed by atoms with Crippen molar-refractivity contribution in [3.63, 3.8) is 0 Å². The van der Waals surface area contributed by atoms with Crippen LogP contribution < -0.4 is 5.32 Å². The third-order valence-electron chi connectivity index (χ3n) is 15.0. The van der Waals surface area contributed by atoms with Gasteiger partial charge in [-0.05, 0) is 57.8 Å². The molecule has 0 spiro atoms. The van der Waals surface area contributed by atoms with Gasteiger partial charge in [-0.2, -0.15) is 0 Å². The van der Waals surface area contributed by atoms with Crippen LogP contribution in [-0.4, -0.2) is 47.4 Å². The fraction of sp³-hybridized carbons (Fsp3) is 0.908. The summed E-state index contributed by atoms with van der Waals surface area (Å²) in [6.07, 6.45) is 75.1. The van der Waals surface area contributed by atoms with Gasteiger partial charge < -0.3 is 20.3 Å². The van der Waals surface area contributed by atoms with Crippen molar-refractivity contribution in [3.05, 3.63) is 24.3 Å². The molecule has 2 atom stereocenters. The summed E-state index contributed by atoms with van der Waals surface area (Å²) in [5.41, 5.74) is 0. The summed E-state index contributed by atoms with van der Waals surface area (Å²) in [6.45, 7) is 4.92. The molecule has 6 nitrogen and oxygen atoms in total. The summed E-state index contributed by atoms with van der Waals surface area (Å²) < 4.78 is 5.49. The van der Waals surface area contributed by atoms with E-state index in [1.165, 1.54) is 283 Å². The number of aliphatic hydroxyl groups excluding tert-OH is 2. The number of hydrogen-bond donors (Lipinski definition) is 3. The predicted octanol–water partition coefficient (Wildman–Crippen LogP) is 20.2. The molecule has 0 saturated heterocycles. The number of carbonyl (C=O) groups is 2. The minimum atomic E-state index is -0.843. The summed E-state index contributed by atoms with van der Waals surface area (Å²) in [6, 6.07) is -0.626. The van der Waals surface area contributed by atoms with E-state index in [0.29, 0.717) is 19.4 Å². The third kappa shape index (κ3) is 57.5. The van der Waals surface area contributed by atoms with Crippen molar-refractivity contribution in [2.45, 2.75) is 366 Å². The van der Waals surface area contributed by atoms with E-state index in [-0.39, 0.29) is 18.5 Å². The molecule has 6 heteroatoms. The monoisotopic (exact) mass is 1000 g/mol. The van der Waals surface area contributed by atoms with E-state index in [0.717, 1.165) is 44.9 Å². The van der Waals surface area contributed by atoms with Crippen molar-refractivity contribution in [2.24, 2.45) is 0 Å². The van der Waals surface area contributed by atoms with Crippen LogP contribution in [0.15, 0.2) is 24.3 Å². The zero-order valence-corrected chi connectivity index (χ0v) is 48.0. The Balaban J connectivity index is 3.38. The zero-order valence-electron chi connectivity index (χ0n) is 48.0. The Morgan fingerprint density at radius 2 is 0.662 bits per heavy atom. The molecule has 0 aliphatic heterocycles. The van der Waals surface area contributed by atoms with Gasteiger partial charge in [0, 0.05) is 12.8 Å². The Kier molecular flexibility index (Phi) is 59.5. The standard InChI is InChI=1S/C65H125NO5/c1-3-5-7-9-11-13-15-17-29-33-37-41-45-49-53-57-63(68)62(61-67)66-64(69)58-54-50-46-42-38-34-31-27-25-23-21-19-20-22-24-26-28-32-36-40-44-48-52-56-60-71-65(70)59-55-51-47-43-39-35-30-18-16-14-12-10-8-6-4-2/h18,30,53,57,62-63,67-68H,3-17,19-29,31-52,54-56,58-61H2,1-2H3,(H,66,69)/b30-18-,57-53+. The number of allylic oxidation sites excluding steroid dienone is 3. The van der Waals surface area contributed by atoms with Gasteiger partial charge in [-0.3, -0.25) is 9.59 Å². The lowest BCUT2D eigenvalue weighted by molar-refractivity contribution is -0.143. The highest BCUT2D eigenvalue weighted by Gasteiger charge is 2.18. The van der Waals surface area contributed by atoms with Crippen LogP contribution >= 0.6 is 0 Å². The number of carbonyl (C=O) groups excluding carboxylic acids is 2. The molecule has 420 valence electrons. The minimum absolute atomic E-state index is 0.00743. The Morgan fingerprint density at radius 1 is 0.380 bits per heavy atom. The predicted molar refractivity (Wildman–Crippen MR) is 310 cm³/mol. The Bertz CT molecular complexity index is 1110. The molecule has 1 amide bonds. The number of unbranched alkanes of at least 4 members (excludes halogenated alkanes) is 47. The molecule has 0 radical (unpaired) electrons. The van der Waals surface area contributed by atoms with Crippen LogP contribution in [0.2, 0.25) is 0 Å². The van der Waals surface area contributed by atoms with Crippen molar-refractivity contribution in [3.8, 4) is 0 Å². The van der Waals surface area contributed by atoms with Crippen LogP contribution in [0.25, 0.3) is 0 Å². The number of aliphatic hydroxyl groups is 2. The molecule has 3 N–H and O–H groups in total. The molecule has 71 heavy (non-hydrogen) atoms. The van der Waals surface area contributed by atoms with Crippen molar-refractivity contribution < 1.29 is 24.5 Å². The van der Waals surface area contributed by atoms with E-state index < -0.39 is 12.1 Å². The normalized spacial score (nSPS) is 12.7. The molecule has 0 rings (SSSR count). The maximum absolute atomic E-state index is 12.5. The lowest BCUT2D eigenvalue weighted by atomic mass is 10.0. The molecule has 0 aromatic heterocycles. The lowest BCUT2D eigenvalue weighted by Gasteiger charge is -2.20. The molecule has 0 aromatic rings. The van der Waals surface area contributed by atoms with Gasteiger partial charge in [-0.15, -0.1) is 0 Å². The van der Waals surface area contributed by atoms with Gasteiger partial charge in [-0.25, -0.2) is 0 Å². The summed E-state index contributed by atoms with van der Waals surface area (Å²) in [5, 5.41) is 23.1. The highest BCUT2D eigenvalue weighted by molar-refractivity contribution is 5.76. The van der Waals surface area contributed by atoms with Gasteiger partial charge in [0.2, 0.25) is 5.91 Å². The van der Waals surface area contributed by atoms with Crippen molar-refractivity contribution in [1.29, 1.82) is 0 Å². The van der Waals surface area contributed by atoms with Gasteiger partial charge >= 0.3 is 5.97 Å². The van der Waals surface area contributed by atoms with Gasteiger partial charge in [0.1, 0.15) is 0 Å². The summed E-state index contributed by atoms with van der Waals surface area (Å²) in [7, 11) is 0. The summed E-state index contributed by atoms with van der Waals surface area (Å²) >= 11 is 0. The number of ether oxygens (including phenoxy) is 1. The van der Waals surface area contributed by atoms with Gasteiger partial charge in [0.05, 0.1) is 25.4 Å². The number of esters is 1. The SMILES string of the molecule is CCCCCCCC/C=C\CCCCCCCC(=O)OCCCCCCCCCCCCCCCCCCCCCCCCCCC(=O)NC(CO)C(O)/C=C/CCCCCCCCCCCCCCC. The smallest absolute Gasteiger partial charge is 0.305 e. The van der Waals surface area contributed by atoms with E-state index in [4.69, 9.17) is 4.74 Å². The van der Waals surface area contributed by atoms with Gasteiger partial charge in [-0.1, -0.05) is 308 Å². The number of nitrogens with one attached hydrogen (secondary N) is 1. The lowest BCUT2D eigenvalue weighted by Crippen LogP contribution is -2.45. The average Bonchev–Trinajstić information content (AvgIpc) is 3.37. The van der Waals surface area contributed by atoms with Crippen molar-refractivity contribution >= 4 is 11.9 Å². The van der Waals surface area contributed by atoms with E-state index in [1.807, 2.05) is 6.08 Å². The first kappa shape index (κ1) is 69.3. The highest BCUT2D eigenvalue weighted by atomic mass is 16.5. The molecular formula is C65H125NO5. The summed E-state index contributed by atoms with van der Waals surface area (Å²) in [5.74, 6) is -0.0576. The van der Waals surface area contributed by atoms with Crippen molar-refractivity contribution in [1.82, 2.24) is 5.32 Å². The first-order chi connectivity index (χ1) is 35.0. The maximum Gasteiger partial charge on any atom is 0.305 e. The maximum atomic E-state index is 12.5. The molecular weight excluding hydrogens is 875 g/mol. The summed E-state index contributed by atoms with van der Waals surface area (Å²) in [4.78, 5) is 24.5. The van der Waals surface area contributed by atoms with E-state index in [2.05, 4.69) is 31.3 Å². The Labute approximate surface area is 443 Å². The number of hydrogen-bond acceptors (Lipinski definition) is 5. The third-order valence-corrected chi connectivity index (χ3v) is 15.0. The number of amides is 1. The van der Waals surface area contributed by atoms with Crippen LogP contribution in [0.4, 0.5) is 0 Å². The molecule has 0 aliphatic carbocycles. The second-order valence-corrected chi connectivity index (χ2v) is 22.1. The minimum Gasteiger partial charge on any atom is -0.466 e. The van der Waals surface area contributed by atoms with Crippen LogP contribution in [0.5, 0.6) is 0 Å². The molecule has 0 aliphatic rings. The molecule has 2 unspecified atom stereocenters. The fourth-order valence-electron chi connectivity index (χ4n) is 10.0. The molecule has 0 fully saturated rings. The van der Waals surface area contributed by atoms with E-state index in [9.17, 15) is 19.8 Å². The zero-order chi connectivity index (χ0) is 51.4. The Hall–Kier alpha value is -1.66. The van der Waals surface area contributed by atoms with E-state index in [1.54, 1.807) is 6.08 Å².